The number of amides is 2. The van der Waals surface area contributed by atoms with Crippen LogP contribution in [0.5, 0.6) is 0 Å². The smallest absolute Gasteiger partial charge is 0.313 e. The van der Waals surface area contributed by atoms with Crippen molar-refractivity contribution in [1.82, 2.24) is 15.1 Å². The number of aromatic nitrogens is 2. The Kier molecular flexibility index (Phi) is 4.15. The third kappa shape index (κ3) is 2.92. The van der Waals surface area contributed by atoms with Crippen molar-refractivity contribution in [3.63, 3.8) is 0 Å². The number of aryl methyl sites for hydroxylation is 1. The molecule has 1 aromatic heterocycles. The fourth-order valence-corrected chi connectivity index (χ4v) is 3.52. The Bertz CT molecular complexity index is 663. The van der Waals surface area contributed by atoms with Gasteiger partial charge in [-0.1, -0.05) is 20.3 Å². The predicted octanol–water partition coefficient (Wildman–Crippen LogP) is 1.15. The molecule has 2 aliphatic carbocycles. The number of carbonyl (C=O) groups excluding carboxylic acids is 2. The van der Waals surface area contributed by atoms with Crippen molar-refractivity contribution in [3.05, 3.63) is 11.9 Å². The molecule has 0 saturated heterocycles. The first-order chi connectivity index (χ1) is 11.3. The molecule has 0 radical (unpaired) electrons. The minimum absolute atomic E-state index is 0.00769. The predicted molar refractivity (Wildman–Crippen MR) is 89.4 cm³/mol. The lowest BCUT2D eigenvalue weighted by Crippen LogP contribution is -2.40. The molecule has 1 heterocycles. The van der Waals surface area contributed by atoms with Crippen LogP contribution in [0.3, 0.4) is 0 Å². The van der Waals surface area contributed by atoms with Gasteiger partial charge in [-0.25, -0.2) is 0 Å². The van der Waals surface area contributed by atoms with Crippen molar-refractivity contribution in [2.75, 3.05) is 18.5 Å². The molecular formula is C17H26N4O3. The summed E-state index contributed by atoms with van der Waals surface area (Å²) >= 11 is 0. The van der Waals surface area contributed by atoms with Gasteiger partial charge < -0.3 is 15.7 Å². The largest absolute Gasteiger partial charge is 0.396 e. The number of anilines is 1. The molecule has 0 aliphatic heterocycles. The van der Waals surface area contributed by atoms with Crippen molar-refractivity contribution in [1.29, 1.82) is 0 Å². The van der Waals surface area contributed by atoms with E-state index in [4.69, 9.17) is 0 Å². The number of aliphatic hydroxyl groups excluding tert-OH is 1. The van der Waals surface area contributed by atoms with Gasteiger partial charge >= 0.3 is 11.8 Å². The minimum atomic E-state index is -0.685. The van der Waals surface area contributed by atoms with Crippen LogP contribution in [0.15, 0.2) is 6.20 Å². The third-order valence-electron chi connectivity index (χ3n) is 5.78. The molecule has 3 rings (SSSR count). The number of aliphatic hydroxyl groups is 1. The van der Waals surface area contributed by atoms with Gasteiger partial charge in [0.1, 0.15) is 0 Å². The zero-order valence-corrected chi connectivity index (χ0v) is 14.6. The summed E-state index contributed by atoms with van der Waals surface area (Å²) in [4.78, 5) is 24.3. The molecule has 24 heavy (non-hydrogen) atoms. The number of nitrogens with zero attached hydrogens (tertiary/aromatic N) is 2. The fourth-order valence-electron chi connectivity index (χ4n) is 3.52. The highest BCUT2D eigenvalue weighted by atomic mass is 16.3. The molecule has 2 saturated carbocycles. The van der Waals surface area contributed by atoms with Crippen LogP contribution in [0.25, 0.3) is 0 Å². The molecule has 0 spiro atoms. The van der Waals surface area contributed by atoms with Gasteiger partial charge in [0.15, 0.2) is 0 Å². The number of nitrogens with one attached hydrogen (secondary N) is 2. The van der Waals surface area contributed by atoms with Gasteiger partial charge in [-0.15, -0.1) is 0 Å². The molecule has 0 aromatic carbocycles. The van der Waals surface area contributed by atoms with Crippen molar-refractivity contribution < 1.29 is 14.7 Å². The molecule has 2 amide bonds. The maximum atomic E-state index is 12.2. The normalized spacial score (nSPS) is 25.0. The van der Waals surface area contributed by atoms with Crippen molar-refractivity contribution in [2.24, 2.45) is 17.9 Å². The van der Waals surface area contributed by atoms with E-state index < -0.39 is 11.8 Å². The lowest BCUT2D eigenvalue weighted by atomic mass is 9.82. The van der Waals surface area contributed by atoms with Crippen LogP contribution >= 0.6 is 0 Å². The van der Waals surface area contributed by atoms with E-state index in [9.17, 15) is 14.7 Å². The van der Waals surface area contributed by atoms with E-state index in [1.54, 1.807) is 17.9 Å². The molecular weight excluding hydrogens is 308 g/mol. The Morgan fingerprint density at radius 2 is 2.04 bits per heavy atom. The Morgan fingerprint density at radius 1 is 1.38 bits per heavy atom. The first-order valence-electron chi connectivity index (χ1n) is 8.52. The lowest BCUT2D eigenvalue weighted by Gasteiger charge is -2.24. The maximum absolute atomic E-state index is 12.2. The molecule has 0 bridgehead atoms. The summed E-state index contributed by atoms with van der Waals surface area (Å²) in [5.41, 5.74) is 1.16. The minimum Gasteiger partial charge on any atom is -0.396 e. The second-order valence-electron chi connectivity index (χ2n) is 7.87. The molecule has 7 nitrogen and oxygen atoms in total. The zero-order chi connectivity index (χ0) is 17.5. The van der Waals surface area contributed by atoms with Gasteiger partial charge in [0.25, 0.3) is 0 Å². The molecule has 1 atom stereocenters. The van der Waals surface area contributed by atoms with Gasteiger partial charge in [0, 0.05) is 31.1 Å². The van der Waals surface area contributed by atoms with E-state index in [1.807, 2.05) is 0 Å². The van der Waals surface area contributed by atoms with Gasteiger partial charge in [0.05, 0.1) is 18.0 Å². The second-order valence-corrected chi connectivity index (χ2v) is 7.87. The van der Waals surface area contributed by atoms with E-state index in [1.165, 1.54) is 6.42 Å². The van der Waals surface area contributed by atoms with Crippen LogP contribution in [-0.2, 0) is 16.6 Å². The average Bonchev–Trinajstić information content (AvgIpc) is 2.85. The summed E-state index contributed by atoms with van der Waals surface area (Å²) in [7, 11) is 1.80. The van der Waals surface area contributed by atoms with Crippen LogP contribution in [0, 0.1) is 10.8 Å². The Balaban J connectivity index is 1.58. The third-order valence-corrected chi connectivity index (χ3v) is 5.78. The maximum Gasteiger partial charge on any atom is 0.313 e. The topological polar surface area (TPSA) is 96.2 Å². The SMILES string of the molecule is Cn1cc(NC(=O)C(=O)NCC2(CO)CC2(C)C)c(C2CCC2)n1. The molecule has 3 N–H and O–H groups in total. The first kappa shape index (κ1) is 17.0. The monoisotopic (exact) mass is 334 g/mol. The van der Waals surface area contributed by atoms with Crippen LogP contribution in [0.4, 0.5) is 5.69 Å². The zero-order valence-electron chi connectivity index (χ0n) is 14.6. The first-order valence-corrected chi connectivity index (χ1v) is 8.52. The van der Waals surface area contributed by atoms with Crippen LogP contribution in [-0.4, -0.2) is 39.9 Å². The Morgan fingerprint density at radius 3 is 2.54 bits per heavy atom. The van der Waals surface area contributed by atoms with Crippen LogP contribution in [0.2, 0.25) is 0 Å². The van der Waals surface area contributed by atoms with Gasteiger partial charge in [-0.3, -0.25) is 14.3 Å². The second kappa shape index (κ2) is 5.88. The van der Waals surface area contributed by atoms with Crippen molar-refractivity contribution >= 4 is 17.5 Å². The Hall–Kier alpha value is -1.89. The van der Waals surface area contributed by atoms with E-state index >= 15 is 0 Å². The fraction of sp³-hybridized carbons (Fsp3) is 0.706. The molecule has 1 unspecified atom stereocenters. The number of hydrogen-bond acceptors (Lipinski definition) is 4. The lowest BCUT2D eigenvalue weighted by molar-refractivity contribution is -0.136. The van der Waals surface area contributed by atoms with Crippen LogP contribution in [0.1, 0.15) is 51.1 Å². The standard InChI is InChI=1S/C17H26N4O3/c1-16(2)8-17(16,10-22)9-18-14(23)15(24)19-12-7-21(3)20-13(12)11-5-4-6-11/h7,11,22H,4-6,8-10H2,1-3H3,(H,18,23)(H,19,24). The molecule has 2 aliphatic rings. The quantitative estimate of drug-likeness (QED) is 0.704. The highest BCUT2D eigenvalue weighted by Gasteiger charge is 2.60. The van der Waals surface area contributed by atoms with Gasteiger partial charge in [-0.05, 0) is 24.7 Å². The van der Waals surface area contributed by atoms with Gasteiger partial charge in [-0.2, -0.15) is 5.10 Å². The molecule has 132 valence electrons. The number of carbonyl (C=O) groups is 2. The van der Waals surface area contributed by atoms with Crippen molar-refractivity contribution in [2.45, 2.75) is 45.4 Å². The summed E-state index contributed by atoms with van der Waals surface area (Å²) in [6, 6.07) is 0. The highest BCUT2D eigenvalue weighted by molar-refractivity contribution is 6.39. The van der Waals surface area contributed by atoms with E-state index in [0.717, 1.165) is 25.0 Å². The van der Waals surface area contributed by atoms with E-state index in [2.05, 4.69) is 29.6 Å². The summed E-state index contributed by atoms with van der Waals surface area (Å²) in [6.07, 6.45) is 5.89. The molecule has 2 fully saturated rings. The Labute approximate surface area is 141 Å². The van der Waals surface area contributed by atoms with Crippen molar-refractivity contribution in [3.8, 4) is 0 Å². The van der Waals surface area contributed by atoms with Gasteiger partial charge in [0.2, 0.25) is 0 Å². The summed E-state index contributed by atoms with van der Waals surface area (Å²) < 4.78 is 1.66. The molecule has 1 aromatic rings. The highest BCUT2D eigenvalue weighted by Crippen LogP contribution is 2.62. The number of hydrogen-bond donors (Lipinski definition) is 3. The molecule has 7 heteroatoms. The average molecular weight is 334 g/mol. The number of rotatable bonds is 5. The van der Waals surface area contributed by atoms with E-state index in [-0.39, 0.29) is 17.4 Å². The van der Waals surface area contributed by atoms with Crippen LogP contribution < -0.4 is 10.6 Å². The summed E-state index contributed by atoms with van der Waals surface area (Å²) in [5, 5.41) is 19.3. The summed E-state index contributed by atoms with van der Waals surface area (Å²) in [5.74, 6) is -0.987. The summed E-state index contributed by atoms with van der Waals surface area (Å²) in [6.45, 7) is 4.42. The van der Waals surface area contributed by atoms with E-state index in [0.29, 0.717) is 18.2 Å².